The Morgan fingerprint density at radius 2 is 1.77 bits per heavy atom. The third-order valence-electron chi connectivity index (χ3n) is 2.96. The maximum atomic E-state index is 13.5. The van der Waals surface area contributed by atoms with Crippen molar-refractivity contribution >= 4 is 33.2 Å². The van der Waals surface area contributed by atoms with Gasteiger partial charge in [0, 0.05) is 17.1 Å². The van der Waals surface area contributed by atoms with E-state index in [2.05, 4.69) is 4.72 Å². The van der Waals surface area contributed by atoms with Crippen molar-refractivity contribution in [1.82, 2.24) is 4.72 Å². The number of nitrogens with one attached hydrogen (secondary N) is 1. The smallest absolute Gasteiger partial charge is 0.207 e. The predicted molar refractivity (Wildman–Crippen MR) is 81.6 cm³/mol. The Labute approximate surface area is 136 Å². The Kier molecular flexibility index (Phi) is 5.07. The summed E-state index contributed by atoms with van der Waals surface area (Å²) < 4.78 is 53.2. The van der Waals surface area contributed by atoms with Gasteiger partial charge in [0.25, 0.3) is 0 Å². The summed E-state index contributed by atoms with van der Waals surface area (Å²) in [6.45, 7) is 1.23. The van der Waals surface area contributed by atoms with Gasteiger partial charge in [-0.15, -0.1) is 0 Å². The van der Waals surface area contributed by atoms with E-state index in [-0.39, 0.29) is 15.5 Å². The van der Waals surface area contributed by atoms with Crippen LogP contribution in [0.3, 0.4) is 0 Å². The zero-order valence-electron chi connectivity index (χ0n) is 11.3. The van der Waals surface area contributed by atoms with Crippen molar-refractivity contribution < 1.29 is 17.2 Å². The molecule has 2 aromatic carbocycles. The molecule has 3 nitrogen and oxygen atoms in total. The average molecular weight is 366 g/mol. The highest BCUT2D eigenvalue weighted by atomic mass is 35.5. The third-order valence-corrected chi connectivity index (χ3v) is 5.24. The van der Waals surface area contributed by atoms with Crippen LogP contribution in [0.25, 0.3) is 0 Å². The van der Waals surface area contributed by atoms with Gasteiger partial charge < -0.3 is 0 Å². The van der Waals surface area contributed by atoms with Crippen molar-refractivity contribution in [2.45, 2.75) is 18.4 Å². The van der Waals surface area contributed by atoms with E-state index in [0.29, 0.717) is 10.6 Å². The van der Waals surface area contributed by atoms with Gasteiger partial charge in [-0.1, -0.05) is 23.2 Å². The molecule has 2 rings (SSSR count). The molecule has 0 unspecified atom stereocenters. The zero-order chi connectivity index (χ0) is 16.5. The number of halogens is 4. The first-order valence-corrected chi connectivity index (χ1v) is 8.34. The summed E-state index contributed by atoms with van der Waals surface area (Å²) in [5.41, 5.74) is 0.425. The van der Waals surface area contributed by atoms with Crippen LogP contribution in [0, 0.1) is 18.6 Å². The molecule has 1 N–H and O–H groups in total. The van der Waals surface area contributed by atoms with Crippen LogP contribution in [0.15, 0.2) is 35.2 Å². The highest BCUT2D eigenvalue weighted by Gasteiger charge is 2.20. The van der Waals surface area contributed by atoms with Gasteiger partial charge in [0.2, 0.25) is 10.0 Å². The predicted octanol–water partition coefficient (Wildman–Crippen LogP) is 4.06. The molecule has 0 radical (unpaired) electrons. The molecule has 0 spiro atoms. The van der Waals surface area contributed by atoms with Crippen molar-refractivity contribution in [2.24, 2.45) is 0 Å². The topological polar surface area (TPSA) is 46.2 Å². The van der Waals surface area contributed by atoms with E-state index >= 15 is 0 Å². The van der Waals surface area contributed by atoms with E-state index in [1.54, 1.807) is 6.92 Å². The second kappa shape index (κ2) is 6.50. The summed E-state index contributed by atoms with van der Waals surface area (Å²) in [6, 6.07) is 5.43. The second-order valence-electron chi connectivity index (χ2n) is 4.59. The normalized spacial score (nSPS) is 11.7. The Hall–Kier alpha value is -1.21. The van der Waals surface area contributed by atoms with E-state index in [1.807, 2.05) is 0 Å². The van der Waals surface area contributed by atoms with Crippen LogP contribution in [0.1, 0.15) is 11.1 Å². The van der Waals surface area contributed by atoms with E-state index in [1.165, 1.54) is 12.1 Å². The van der Waals surface area contributed by atoms with Crippen LogP contribution >= 0.6 is 23.2 Å². The lowest BCUT2D eigenvalue weighted by Gasteiger charge is -2.10. The van der Waals surface area contributed by atoms with Gasteiger partial charge in [0.15, 0.2) is 0 Å². The van der Waals surface area contributed by atoms with Crippen LogP contribution < -0.4 is 4.72 Å². The van der Waals surface area contributed by atoms with Gasteiger partial charge in [0.05, 0.1) is 5.02 Å². The van der Waals surface area contributed by atoms with E-state index in [0.717, 1.165) is 18.2 Å². The van der Waals surface area contributed by atoms with Gasteiger partial charge >= 0.3 is 0 Å². The summed E-state index contributed by atoms with van der Waals surface area (Å²) in [5, 5.41) is 0.280. The first-order valence-electron chi connectivity index (χ1n) is 6.10. The van der Waals surface area contributed by atoms with Gasteiger partial charge in [-0.2, -0.15) is 0 Å². The maximum absolute atomic E-state index is 13.5. The van der Waals surface area contributed by atoms with Crippen LogP contribution in [0.5, 0.6) is 0 Å². The largest absolute Gasteiger partial charge is 0.242 e. The molecule has 0 bridgehead atoms. The van der Waals surface area contributed by atoms with Crippen LogP contribution in [0.2, 0.25) is 10.0 Å². The van der Waals surface area contributed by atoms with Crippen LogP contribution in [-0.4, -0.2) is 8.42 Å². The SMILES string of the molecule is Cc1cc(S(=O)(=O)NCc2cc(F)ccc2F)c(Cl)cc1Cl. The summed E-state index contributed by atoms with van der Waals surface area (Å²) in [5.74, 6) is -1.36. The lowest BCUT2D eigenvalue weighted by atomic mass is 10.2. The van der Waals surface area contributed by atoms with Crippen molar-refractivity contribution in [3.05, 3.63) is 63.1 Å². The molecule has 22 heavy (non-hydrogen) atoms. The molecule has 0 saturated heterocycles. The molecule has 0 aliphatic heterocycles. The van der Waals surface area contributed by atoms with Gasteiger partial charge in [-0.05, 0) is 42.8 Å². The molecule has 0 fully saturated rings. The van der Waals surface area contributed by atoms with E-state index in [9.17, 15) is 17.2 Å². The Morgan fingerprint density at radius 3 is 2.45 bits per heavy atom. The van der Waals surface area contributed by atoms with E-state index in [4.69, 9.17) is 23.2 Å². The van der Waals surface area contributed by atoms with E-state index < -0.39 is 28.2 Å². The number of benzene rings is 2. The average Bonchev–Trinajstić information content (AvgIpc) is 2.43. The fourth-order valence-corrected chi connectivity index (χ4v) is 3.60. The third kappa shape index (κ3) is 3.76. The second-order valence-corrected chi connectivity index (χ2v) is 7.14. The molecule has 0 heterocycles. The standard InChI is InChI=1S/C14H11Cl2F2NO2S/c1-8-4-14(12(16)6-11(8)15)22(20,21)19-7-9-5-10(17)2-3-13(9)18/h2-6,19H,7H2,1H3. The Bertz CT molecular complexity index is 826. The molecule has 118 valence electrons. The highest BCUT2D eigenvalue weighted by Crippen LogP contribution is 2.28. The number of aryl methyl sites for hydroxylation is 1. The maximum Gasteiger partial charge on any atom is 0.242 e. The minimum absolute atomic E-state index is 0.0529. The molecule has 0 aliphatic rings. The first kappa shape index (κ1) is 17.1. The van der Waals surface area contributed by atoms with Crippen molar-refractivity contribution in [2.75, 3.05) is 0 Å². The summed E-state index contributed by atoms with van der Waals surface area (Å²) in [4.78, 5) is -0.173. The van der Waals surface area contributed by atoms with Gasteiger partial charge in [-0.3, -0.25) is 0 Å². The fraction of sp³-hybridized carbons (Fsp3) is 0.143. The van der Waals surface area contributed by atoms with Crippen molar-refractivity contribution in [3.8, 4) is 0 Å². The fourth-order valence-electron chi connectivity index (χ4n) is 1.77. The lowest BCUT2D eigenvalue weighted by molar-refractivity contribution is 0.567. The van der Waals surface area contributed by atoms with Crippen molar-refractivity contribution in [3.63, 3.8) is 0 Å². The highest BCUT2D eigenvalue weighted by molar-refractivity contribution is 7.89. The van der Waals surface area contributed by atoms with Crippen LogP contribution in [-0.2, 0) is 16.6 Å². The Balaban J connectivity index is 2.29. The number of rotatable bonds is 4. The summed E-state index contributed by atoms with van der Waals surface area (Å²) >= 11 is 11.7. The van der Waals surface area contributed by atoms with Gasteiger partial charge in [0.1, 0.15) is 16.5 Å². The number of sulfonamides is 1. The molecule has 0 aromatic heterocycles. The minimum Gasteiger partial charge on any atom is -0.207 e. The quantitative estimate of drug-likeness (QED) is 0.887. The number of hydrogen-bond acceptors (Lipinski definition) is 2. The molecule has 0 aliphatic carbocycles. The summed E-state index contributed by atoms with van der Waals surface area (Å²) in [7, 11) is -3.99. The Morgan fingerprint density at radius 1 is 1.09 bits per heavy atom. The molecular weight excluding hydrogens is 355 g/mol. The molecule has 2 aromatic rings. The first-order chi connectivity index (χ1) is 10.2. The van der Waals surface area contributed by atoms with Crippen LogP contribution in [0.4, 0.5) is 8.78 Å². The van der Waals surface area contributed by atoms with Crippen molar-refractivity contribution in [1.29, 1.82) is 0 Å². The van der Waals surface area contributed by atoms with Gasteiger partial charge in [-0.25, -0.2) is 21.9 Å². The molecule has 8 heteroatoms. The lowest BCUT2D eigenvalue weighted by Crippen LogP contribution is -2.24. The monoisotopic (exact) mass is 365 g/mol. The summed E-state index contributed by atoms with van der Waals surface area (Å²) in [6.07, 6.45) is 0. The minimum atomic E-state index is -3.99. The zero-order valence-corrected chi connectivity index (χ0v) is 13.7. The molecule has 0 amide bonds. The number of hydrogen-bond donors (Lipinski definition) is 1. The molecule has 0 saturated carbocycles. The molecular formula is C14H11Cl2F2NO2S. The molecule has 0 atom stereocenters.